The van der Waals surface area contributed by atoms with Crippen LogP contribution in [0.25, 0.3) is 0 Å². The highest BCUT2D eigenvalue weighted by Crippen LogP contribution is 2.11. The molecule has 0 amide bonds. The molecule has 1 aromatic rings. The van der Waals surface area contributed by atoms with Crippen molar-refractivity contribution < 1.29 is 9.53 Å². The van der Waals surface area contributed by atoms with Crippen molar-refractivity contribution in [3.05, 3.63) is 35.4 Å². The minimum absolute atomic E-state index is 0.0492. The van der Waals surface area contributed by atoms with E-state index in [-0.39, 0.29) is 12.1 Å². The molecule has 19 heavy (non-hydrogen) atoms. The molecule has 1 atom stereocenters. The van der Waals surface area contributed by atoms with E-state index >= 15 is 0 Å². The summed E-state index contributed by atoms with van der Waals surface area (Å²) < 4.78 is 5.50. The van der Waals surface area contributed by atoms with Gasteiger partial charge in [-0.3, -0.25) is 4.90 Å². The normalized spacial score (nSPS) is 18.0. The number of ether oxygens (including phenoxy) is 1. The van der Waals surface area contributed by atoms with Crippen molar-refractivity contribution >= 4 is 5.97 Å². The Hall–Kier alpha value is -1.35. The lowest BCUT2D eigenvalue weighted by Gasteiger charge is -2.28. The molecular weight excluding hydrogens is 238 g/mol. The molecule has 1 heterocycles. The number of piperidine rings is 1. The molecule has 0 aromatic heterocycles. The molecule has 0 saturated carbocycles. The molecular formula is C16H23NO2. The maximum atomic E-state index is 12.0. The van der Waals surface area contributed by atoms with Crippen LogP contribution < -0.4 is 0 Å². The maximum absolute atomic E-state index is 12.0. The van der Waals surface area contributed by atoms with Gasteiger partial charge in [0.1, 0.15) is 6.10 Å². The molecule has 0 radical (unpaired) electrons. The van der Waals surface area contributed by atoms with Crippen molar-refractivity contribution in [1.82, 2.24) is 4.90 Å². The molecule has 1 aliphatic heterocycles. The Kier molecular flexibility index (Phi) is 4.97. The largest absolute Gasteiger partial charge is 0.458 e. The van der Waals surface area contributed by atoms with Crippen molar-refractivity contribution in [3.8, 4) is 0 Å². The molecule has 104 valence electrons. The standard InChI is InChI=1S/C16H23NO2/c1-13-6-8-15(9-7-13)16(18)19-14(2)12-17-10-4-3-5-11-17/h6-9,14H,3-5,10-12H2,1-2H3. The van der Waals surface area contributed by atoms with Crippen LogP contribution in [0, 0.1) is 6.92 Å². The van der Waals surface area contributed by atoms with Crippen LogP contribution in [0.2, 0.25) is 0 Å². The monoisotopic (exact) mass is 261 g/mol. The van der Waals surface area contributed by atoms with Crippen molar-refractivity contribution in [2.45, 2.75) is 39.2 Å². The molecule has 3 heteroatoms. The second kappa shape index (κ2) is 6.71. The number of esters is 1. The molecule has 1 unspecified atom stereocenters. The van der Waals surface area contributed by atoms with Gasteiger partial charge in [0.15, 0.2) is 0 Å². The fraction of sp³-hybridized carbons (Fsp3) is 0.562. The van der Waals surface area contributed by atoms with E-state index in [4.69, 9.17) is 4.74 Å². The highest BCUT2D eigenvalue weighted by Gasteiger charge is 2.17. The zero-order valence-electron chi connectivity index (χ0n) is 11.9. The van der Waals surface area contributed by atoms with Crippen LogP contribution in [0.4, 0.5) is 0 Å². The van der Waals surface area contributed by atoms with Gasteiger partial charge in [0.2, 0.25) is 0 Å². The first-order chi connectivity index (χ1) is 9.15. The summed E-state index contributed by atoms with van der Waals surface area (Å²) in [5, 5.41) is 0. The molecule has 1 saturated heterocycles. The molecule has 1 fully saturated rings. The second-order valence-electron chi connectivity index (χ2n) is 5.44. The summed E-state index contributed by atoms with van der Waals surface area (Å²) in [6, 6.07) is 7.52. The number of hydrogen-bond acceptors (Lipinski definition) is 3. The average Bonchev–Trinajstić information content (AvgIpc) is 2.40. The maximum Gasteiger partial charge on any atom is 0.338 e. The summed E-state index contributed by atoms with van der Waals surface area (Å²) in [4.78, 5) is 14.4. The molecule has 0 bridgehead atoms. The van der Waals surface area contributed by atoms with Gasteiger partial charge in [0.25, 0.3) is 0 Å². The molecule has 2 rings (SSSR count). The van der Waals surface area contributed by atoms with Crippen LogP contribution in [-0.4, -0.2) is 36.6 Å². The number of nitrogens with zero attached hydrogens (tertiary/aromatic N) is 1. The van der Waals surface area contributed by atoms with Gasteiger partial charge in [-0.25, -0.2) is 4.79 Å². The van der Waals surface area contributed by atoms with Crippen LogP contribution in [0.1, 0.15) is 42.1 Å². The van der Waals surface area contributed by atoms with E-state index in [1.807, 2.05) is 38.1 Å². The van der Waals surface area contributed by atoms with Gasteiger partial charge in [-0.05, 0) is 51.9 Å². The summed E-state index contributed by atoms with van der Waals surface area (Å²) in [6.45, 7) is 7.09. The third kappa shape index (κ3) is 4.35. The van der Waals surface area contributed by atoms with E-state index in [1.54, 1.807) is 0 Å². The third-order valence-electron chi connectivity index (χ3n) is 3.56. The van der Waals surface area contributed by atoms with Gasteiger partial charge in [0.05, 0.1) is 5.56 Å². The average molecular weight is 261 g/mol. The fourth-order valence-electron chi connectivity index (χ4n) is 2.48. The molecule has 0 N–H and O–H groups in total. The lowest BCUT2D eigenvalue weighted by Crippen LogP contribution is -2.37. The number of aryl methyl sites for hydroxylation is 1. The van der Waals surface area contributed by atoms with Crippen LogP contribution in [0.5, 0.6) is 0 Å². The highest BCUT2D eigenvalue weighted by molar-refractivity contribution is 5.89. The highest BCUT2D eigenvalue weighted by atomic mass is 16.5. The van der Waals surface area contributed by atoms with Crippen LogP contribution >= 0.6 is 0 Å². The number of likely N-dealkylation sites (tertiary alicyclic amines) is 1. The molecule has 0 aliphatic carbocycles. The molecule has 3 nitrogen and oxygen atoms in total. The van der Waals surface area contributed by atoms with Crippen molar-refractivity contribution in [1.29, 1.82) is 0 Å². The second-order valence-corrected chi connectivity index (χ2v) is 5.44. The SMILES string of the molecule is Cc1ccc(C(=O)OC(C)CN2CCCCC2)cc1. The van der Waals surface area contributed by atoms with Crippen LogP contribution in [-0.2, 0) is 4.74 Å². The fourth-order valence-corrected chi connectivity index (χ4v) is 2.48. The van der Waals surface area contributed by atoms with E-state index in [1.165, 1.54) is 19.3 Å². The van der Waals surface area contributed by atoms with E-state index in [0.717, 1.165) is 25.2 Å². The summed E-state index contributed by atoms with van der Waals surface area (Å²) in [5.74, 6) is -0.218. The number of hydrogen-bond donors (Lipinski definition) is 0. The Bertz CT molecular complexity index is 407. The predicted molar refractivity (Wildman–Crippen MR) is 76.3 cm³/mol. The smallest absolute Gasteiger partial charge is 0.338 e. The van der Waals surface area contributed by atoms with E-state index in [2.05, 4.69) is 4.90 Å². The van der Waals surface area contributed by atoms with Gasteiger partial charge in [0, 0.05) is 6.54 Å². The van der Waals surface area contributed by atoms with Gasteiger partial charge in [-0.1, -0.05) is 24.1 Å². The third-order valence-corrected chi connectivity index (χ3v) is 3.56. The van der Waals surface area contributed by atoms with Gasteiger partial charge in [-0.2, -0.15) is 0 Å². The summed E-state index contributed by atoms with van der Waals surface area (Å²) >= 11 is 0. The Balaban J connectivity index is 1.82. The summed E-state index contributed by atoms with van der Waals surface area (Å²) in [5.41, 5.74) is 1.79. The zero-order chi connectivity index (χ0) is 13.7. The molecule has 1 aliphatic rings. The quantitative estimate of drug-likeness (QED) is 0.780. The topological polar surface area (TPSA) is 29.5 Å². The van der Waals surface area contributed by atoms with E-state index < -0.39 is 0 Å². The number of carbonyl (C=O) groups is 1. The van der Waals surface area contributed by atoms with E-state index in [9.17, 15) is 4.79 Å². The Morgan fingerprint density at radius 3 is 2.47 bits per heavy atom. The lowest BCUT2D eigenvalue weighted by atomic mass is 10.1. The number of carbonyl (C=O) groups excluding carboxylic acids is 1. The van der Waals surface area contributed by atoms with Crippen LogP contribution in [0.15, 0.2) is 24.3 Å². The van der Waals surface area contributed by atoms with Gasteiger partial charge >= 0.3 is 5.97 Å². The summed E-state index contributed by atoms with van der Waals surface area (Å²) in [7, 11) is 0. The van der Waals surface area contributed by atoms with Gasteiger partial charge in [-0.15, -0.1) is 0 Å². The minimum Gasteiger partial charge on any atom is -0.458 e. The molecule has 0 spiro atoms. The minimum atomic E-state index is -0.218. The lowest BCUT2D eigenvalue weighted by molar-refractivity contribution is 0.0236. The first kappa shape index (κ1) is 14.1. The van der Waals surface area contributed by atoms with Gasteiger partial charge < -0.3 is 4.74 Å². The van der Waals surface area contributed by atoms with Crippen molar-refractivity contribution in [2.75, 3.05) is 19.6 Å². The number of benzene rings is 1. The van der Waals surface area contributed by atoms with Crippen molar-refractivity contribution in [3.63, 3.8) is 0 Å². The predicted octanol–water partition coefficient (Wildman–Crippen LogP) is 3.03. The first-order valence-electron chi connectivity index (χ1n) is 7.15. The Labute approximate surface area is 115 Å². The Morgan fingerprint density at radius 1 is 1.21 bits per heavy atom. The molecule has 1 aromatic carbocycles. The Morgan fingerprint density at radius 2 is 1.84 bits per heavy atom. The van der Waals surface area contributed by atoms with Crippen molar-refractivity contribution in [2.24, 2.45) is 0 Å². The number of rotatable bonds is 4. The van der Waals surface area contributed by atoms with Crippen LogP contribution in [0.3, 0.4) is 0 Å². The summed E-state index contributed by atoms with van der Waals surface area (Å²) in [6.07, 6.45) is 3.80. The zero-order valence-corrected chi connectivity index (χ0v) is 11.9. The van der Waals surface area contributed by atoms with E-state index in [0.29, 0.717) is 5.56 Å². The first-order valence-corrected chi connectivity index (χ1v) is 7.15.